The van der Waals surface area contributed by atoms with Gasteiger partial charge in [0.2, 0.25) is 10.0 Å². The van der Waals surface area contributed by atoms with E-state index >= 15 is 0 Å². The molecule has 1 aliphatic rings. The van der Waals surface area contributed by atoms with Crippen LogP contribution in [0.3, 0.4) is 0 Å². The zero-order valence-corrected chi connectivity index (χ0v) is 12.5. The molecule has 0 saturated carbocycles. The third kappa shape index (κ3) is 3.21. The first-order valence-corrected chi connectivity index (χ1v) is 8.03. The van der Waals surface area contributed by atoms with E-state index in [-0.39, 0.29) is 11.6 Å². The second-order valence-electron chi connectivity index (χ2n) is 5.09. The maximum atomic E-state index is 11.5. The minimum absolute atomic E-state index is 0.00674. The van der Waals surface area contributed by atoms with Crippen molar-refractivity contribution in [2.24, 2.45) is 5.73 Å². The third-order valence-corrected chi connectivity index (χ3v) is 5.38. The molecule has 1 rings (SSSR count). The van der Waals surface area contributed by atoms with Crippen LogP contribution in [0.25, 0.3) is 0 Å². The number of piperazine rings is 1. The lowest BCUT2D eigenvalue weighted by Crippen LogP contribution is -2.63. The van der Waals surface area contributed by atoms with Gasteiger partial charge in [-0.25, -0.2) is 8.42 Å². The van der Waals surface area contributed by atoms with Crippen LogP contribution >= 0.6 is 0 Å². The van der Waals surface area contributed by atoms with E-state index in [1.54, 1.807) is 7.11 Å². The van der Waals surface area contributed by atoms with Crippen molar-refractivity contribution < 1.29 is 13.2 Å². The van der Waals surface area contributed by atoms with E-state index in [2.05, 4.69) is 11.8 Å². The smallest absolute Gasteiger partial charge is 0.211 e. The van der Waals surface area contributed by atoms with Crippen molar-refractivity contribution in [1.29, 1.82) is 0 Å². The molecule has 0 aromatic carbocycles. The largest absolute Gasteiger partial charge is 0.380 e. The maximum absolute atomic E-state index is 11.5. The summed E-state index contributed by atoms with van der Waals surface area (Å²) in [7, 11) is -1.41. The molecule has 2 atom stereocenters. The standard InChI is InChI=1S/C11H25N3O3S/c1-10(17-3)11(2,9-12)13-5-7-14(8-6-13)18(4,15)16/h10H,5-9,12H2,1-4H3. The van der Waals surface area contributed by atoms with E-state index in [1.807, 2.05) is 6.92 Å². The van der Waals surface area contributed by atoms with Crippen LogP contribution in [0.4, 0.5) is 0 Å². The molecule has 1 saturated heterocycles. The first kappa shape index (κ1) is 15.8. The highest BCUT2D eigenvalue weighted by Gasteiger charge is 2.39. The van der Waals surface area contributed by atoms with Gasteiger partial charge in [0, 0.05) is 39.8 Å². The summed E-state index contributed by atoms with van der Waals surface area (Å²) < 4.78 is 29.8. The summed E-state index contributed by atoms with van der Waals surface area (Å²) in [5.74, 6) is 0. The SMILES string of the molecule is COC(C)C(C)(CN)N1CCN(S(C)(=O)=O)CC1. The van der Waals surface area contributed by atoms with E-state index in [9.17, 15) is 8.42 Å². The number of nitrogens with two attached hydrogens (primary N) is 1. The van der Waals surface area contributed by atoms with Crippen LogP contribution in [0.1, 0.15) is 13.8 Å². The Morgan fingerprint density at radius 2 is 1.83 bits per heavy atom. The van der Waals surface area contributed by atoms with Crippen molar-refractivity contribution in [2.45, 2.75) is 25.5 Å². The molecule has 0 bridgehead atoms. The van der Waals surface area contributed by atoms with Crippen LogP contribution in [-0.2, 0) is 14.8 Å². The Balaban J connectivity index is 2.72. The molecule has 7 heteroatoms. The highest BCUT2D eigenvalue weighted by atomic mass is 32.2. The number of nitrogens with zero attached hydrogens (tertiary/aromatic N) is 2. The molecular weight excluding hydrogens is 254 g/mol. The molecule has 18 heavy (non-hydrogen) atoms. The average molecular weight is 279 g/mol. The fraction of sp³-hybridized carbons (Fsp3) is 1.00. The number of sulfonamides is 1. The van der Waals surface area contributed by atoms with E-state index < -0.39 is 10.0 Å². The summed E-state index contributed by atoms with van der Waals surface area (Å²) in [5.41, 5.74) is 5.63. The van der Waals surface area contributed by atoms with Crippen LogP contribution < -0.4 is 5.73 Å². The third-order valence-electron chi connectivity index (χ3n) is 4.07. The van der Waals surface area contributed by atoms with Gasteiger partial charge in [0.1, 0.15) is 0 Å². The molecule has 6 nitrogen and oxygen atoms in total. The summed E-state index contributed by atoms with van der Waals surface area (Å²) >= 11 is 0. The van der Waals surface area contributed by atoms with Crippen LogP contribution in [-0.4, -0.2) is 75.4 Å². The van der Waals surface area contributed by atoms with Gasteiger partial charge in [-0.2, -0.15) is 4.31 Å². The van der Waals surface area contributed by atoms with Gasteiger partial charge in [0.15, 0.2) is 0 Å². The monoisotopic (exact) mass is 279 g/mol. The Bertz CT molecular complexity index is 366. The van der Waals surface area contributed by atoms with Crippen LogP contribution in [0.2, 0.25) is 0 Å². The van der Waals surface area contributed by atoms with Gasteiger partial charge in [-0.05, 0) is 13.8 Å². The van der Waals surface area contributed by atoms with Crippen LogP contribution in [0.15, 0.2) is 0 Å². The maximum Gasteiger partial charge on any atom is 0.211 e. The predicted octanol–water partition coefficient (Wildman–Crippen LogP) is -0.684. The summed E-state index contributed by atoms with van der Waals surface area (Å²) in [4.78, 5) is 2.23. The van der Waals surface area contributed by atoms with E-state index in [0.717, 1.165) is 0 Å². The second kappa shape index (κ2) is 5.83. The van der Waals surface area contributed by atoms with Gasteiger partial charge in [0.05, 0.1) is 17.9 Å². The molecule has 1 heterocycles. The first-order chi connectivity index (χ1) is 8.25. The molecular formula is C11H25N3O3S. The Labute approximate surface area is 110 Å². The number of methoxy groups -OCH3 is 1. The summed E-state index contributed by atoms with van der Waals surface area (Å²) in [6.07, 6.45) is 1.26. The highest BCUT2D eigenvalue weighted by molar-refractivity contribution is 7.88. The van der Waals surface area contributed by atoms with Crippen molar-refractivity contribution in [3.05, 3.63) is 0 Å². The van der Waals surface area contributed by atoms with Crippen molar-refractivity contribution in [1.82, 2.24) is 9.21 Å². The molecule has 0 radical (unpaired) electrons. The Hall–Kier alpha value is -0.210. The molecule has 0 spiro atoms. The molecule has 2 unspecified atom stereocenters. The molecule has 2 N–H and O–H groups in total. The second-order valence-corrected chi connectivity index (χ2v) is 7.07. The summed E-state index contributed by atoms with van der Waals surface area (Å²) in [6.45, 7) is 6.96. The molecule has 1 aliphatic heterocycles. The van der Waals surface area contributed by atoms with E-state index in [4.69, 9.17) is 10.5 Å². The molecule has 108 valence electrons. The summed E-state index contributed by atoms with van der Waals surface area (Å²) in [6, 6.07) is 0. The fourth-order valence-corrected chi connectivity index (χ4v) is 3.16. The van der Waals surface area contributed by atoms with Gasteiger partial charge in [0.25, 0.3) is 0 Å². The molecule has 0 aliphatic carbocycles. The Morgan fingerprint density at radius 3 is 2.17 bits per heavy atom. The van der Waals surface area contributed by atoms with Crippen molar-refractivity contribution >= 4 is 10.0 Å². The van der Waals surface area contributed by atoms with Crippen molar-refractivity contribution in [3.63, 3.8) is 0 Å². The van der Waals surface area contributed by atoms with Gasteiger partial charge >= 0.3 is 0 Å². The zero-order chi connectivity index (χ0) is 14.0. The molecule has 0 aromatic rings. The molecule has 0 aromatic heterocycles. The average Bonchev–Trinajstić information content (AvgIpc) is 2.36. The normalized spacial score (nSPS) is 24.7. The van der Waals surface area contributed by atoms with E-state index in [1.165, 1.54) is 10.6 Å². The number of ether oxygens (including phenoxy) is 1. The van der Waals surface area contributed by atoms with Crippen LogP contribution in [0, 0.1) is 0 Å². The van der Waals surface area contributed by atoms with Gasteiger partial charge in [-0.15, -0.1) is 0 Å². The van der Waals surface area contributed by atoms with E-state index in [0.29, 0.717) is 32.7 Å². The van der Waals surface area contributed by atoms with Gasteiger partial charge in [-0.1, -0.05) is 0 Å². The van der Waals surface area contributed by atoms with Gasteiger partial charge < -0.3 is 10.5 Å². The van der Waals surface area contributed by atoms with Crippen LogP contribution in [0.5, 0.6) is 0 Å². The van der Waals surface area contributed by atoms with Crippen molar-refractivity contribution in [2.75, 3.05) is 46.1 Å². The lowest BCUT2D eigenvalue weighted by molar-refractivity contribution is -0.0421. The highest BCUT2D eigenvalue weighted by Crippen LogP contribution is 2.22. The fourth-order valence-electron chi connectivity index (χ4n) is 2.34. The molecule has 1 fully saturated rings. The Kier molecular flexibility index (Phi) is 5.13. The topological polar surface area (TPSA) is 75.9 Å². The number of rotatable bonds is 5. The first-order valence-electron chi connectivity index (χ1n) is 6.18. The number of hydrogen-bond donors (Lipinski definition) is 1. The Morgan fingerprint density at radius 1 is 1.33 bits per heavy atom. The predicted molar refractivity (Wildman–Crippen MR) is 71.9 cm³/mol. The lowest BCUT2D eigenvalue weighted by Gasteiger charge is -2.47. The van der Waals surface area contributed by atoms with Gasteiger partial charge in [-0.3, -0.25) is 4.90 Å². The molecule has 0 amide bonds. The lowest BCUT2D eigenvalue weighted by atomic mass is 9.92. The minimum atomic E-state index is -3.08. The van der Waals surface area contributed by atoms with Crippen molar-refractivity contribution in [3.8, 4) is 0 Å². The zero-order valence-electron chi connectivity index (χ0n) is 11.7. The quantitative estimate of drug-likeness (QED) is 0.721. The number of hydrogen-bond acceptors (Lipinski definition) is 5. The summed E-state index contributed by atoms with van der Waals surface area (Å²) in [5, 5.41) is 0. The minimum Gasteiger partial charge on any atom is -0.380 e.